The van der Waals surface area contributed by atoms with Gasteiger partial charge in [0.25, 0.3) is 5.91 Å². The first-order chi connectivity index (χ1) is 10.8. The third kappa shape index (κ3) is 3.99. The van der Waals surface area contributed by atoms with E-state index in [9.17, 15) is 9.90 Å². The quantitative estimate of drug-likeness (QED) is 0.738. The van der Waals surface area contributed by atoms with Crippen molar-refractivity contribution in [1.29, 1.82) is 0 Å². The van der Waals surface area contributed by atoms with E-state index in [2.05, 4.69) is 26.3 Å². The van der Waals surface area contributed by atoms with Crippen LogP contribution in [0.25, 0.3) is 0 Å². The fourth-order valence-corrected chi connectivity index (χ4v) is 2.80. The van der Waals surface area contributed by atoms with Crippen molar-refractivity contribution in [3.05, 3.63) is 45.2 Å². The molecular formula is C16H20BrN3O3. The van der Waals surface area contributed by atoms with Gasteiger partial charge in [0.15, 0.2) is 0 Å². The largest absolute Gasteiger partial charge is 0.394 e. The summed E-state index contributed by atoms with van der Waals surface area (Å²) in [6.07, 6.45) is 0.793. The Morgan fingerprint density at radius 3 is 2.74 bits per heavy atom. The van der Waals surface area contributed by atoms with Crippen LogP contribution in [0.5, 0.6) is 0 Å². The van der Waals surface area contributed by atoms with E-state index in [1.165, 1.54) is 10.9 Å². The minimum absolute atomic E-state index is 0.172. The highest BCUT2D eigenvalue weighted by Gasteiger charge is 2.20. The van der Waals surface area contributed by atoms with E-state index in [0.29, 0.717) is 11.3 Å². The number of nitrogens with one attached hydrogen (secondary N) is 1. The topological polar surface area (TPSA) is 87.4 Å². The maximum atomic E-state index is 12.6. The minimum atomic E-state index is -0.914. The Labute approximate surface area is 143 Å². The molecule has 23 heavy (non-hydrogen) atoms. The molecule has 0 aliphatic rings. The summed E-state index contributed by atoms with van der Waals surface area (Å²) in [6.45, 7) is 3.51. The molecule has 0 radical (unpaired) electrons. The summed E-state index contributed by atoms with van der Waals surface area (Å²) in [4.78, 5) is 12.6. The summed E-state index contributed by atoms with van der Waals surface area (Å²) < 4.78 is 2.45. The molecule has 0 saturated heterocycles. The molecule has 0 spiro atoms. The maximum absolute atomic E-state index is 12.6. The van der Waals surface area contributed by atoms with Crippen LogP contribution in [0.4, 0.5) is 5.69 Å². The van der Waals surface area contributed by atoms with Crippen molar-refractivity contribution in [2.24, 2.45) is 7.05 Å². The van der Waals surface area contributed by atoms with Crippen molar-refractivity contribution in [3.8, 4) is 0 Å². The Hall–Kier alpha value is -1.70. The molecular weight excluding hydrogens is 362 g/mol. The Morgan fingerprint density at radius 2 is 2.09 bits per heavy atom. The maximum Gasteiger partial charge on any atom is 0.274 e. The highest BCUT2D eigenvalue weighted by atomic mass is 79.9. The van der Waals surface area contributed by atoms with E-state index >= 15 is 0 Å². The number of amides is 1. The molecule has 2 rings (SSSR count). The lowest BCUT2D eigenvalue weighted by Gasteiger charge is -2.13. The van der Waals surface area contributed by atoms with Gasteiger partial charge in [0.2, 0.25) is 0 Å². The van der Waals surface area contributed by atoms with Crippen molar-refractivity contribution in [2.75, 3.05) is 11.9 Å². The molecule has 1 amide bonds. The molecule has 7 heteroatoms. The molecule has 0 saturated carbocycles. The van der Waals surface area contributed by atoms with E-state index in [-0.39, 0.29) is 18.9 Å². The highest BCUT2D eigenvalue weighted by Crippen LogP contribution is 2.25. The van der Waals surface area contributed by atoms with E-state index < -0.39 is 6.10 Å². The fourth-order valence-electron chi connectivity index (χ4n) is 2.34. The summed E-state index contributed by atoms with van der Waals surface area (Å²) in [7, 11) is 1.67. The Morgan fingerprint density at radius 1 is 1.39 bits per heavy atom. The van der Waals surface area contributed by atoms with Gasteiger partial charge in [-0.05, 0) is 37.1 Å². The lowest BCUT2D eigenvalue weighted by atomic mass is 10.1. The van der Waals surface area contributed by atoms with Gasteiger partial charge in [0, 0.05) is 29.2 Å². The van der Waals surface area contributed by atoms with Crippen LogP contribution in [0.1, 0.15) is 27.2 Å². The van der Waals surface area contributed by atoms with Crippen molar-refractivity contribution in [1.82, 2.24) is 9.78 Å². The normalized spacial score (nSPS) is 12.3. The summed E-state index contributed by atoms with van der Waals surface area (Å²) in [6, 6.07) is 3.85. The van der Waals surface area contributed by atoms with Gasteiger partial charge in [-0.2, -0.15) is 5.10 Å². The third-order valence-electron chi connectivity index (χ3n) is 3.65. The number of benzene rings is 1. The molecule has 1 atom stereocenters. The summed E-state index contributed by atoms with van der Waals surface area (Å²) in [5.41, 5.74) is 3.66. The molecule has 1 aromatic heterocycles. The predicted molar refractivity (Wildman–Crippen MR) is 91.6 cm³/mol. The van der Waals surface area contributed by atoms with Crippen LogP contribution in [0.3, 0.4) is 0 Å². The second-order valence-electron chi connectivity index (χ2n) is 5.55. The molecule has 0 bridgehead atoms. The number of carbonyl (C=O) groups is 1. The second kappa shape index (κ2) is 7.25. The smallest absolute Gasteiger partial charge is 0.274 e. The number of nitrogens with zero attached hydrogens (tertiary/aromatic N) is 2. The van der Waals surface area contributed by atoms with Gasteiger partial charge in [-0.1, -0.05) is 15.9 Å². The summed E-state index contributed by atoms with van der Waals surface area (Å²) in [5, 5.41) is 25.5. The standard InChI is InChI=1S/C16H20BrN3O3/c1-9-5-14(10(2)4-13(9)17)19-16(23)15-11(6-12(22)8-21)7-18-20(15)3/h4-5,7,12,21-22H,6,8H2,1-3H3,(H,19,23). The van der Waals surface area contributed by atoms with E-state index in [1.54, 1.807) is 7.05 Å². The molecule has 6 nitrogen and oxygen atoms in total. The van der Waals surface area contributed by atoms with Gasteiger partial charge in [0.1, 0.15) is 5.69 Å². The summed E-state index contributed by atoms with van der Waals surface area (Å²) in [5.74, 6) is -0.296. The molecule has 0 fully saturated rings. The molecule has 0 aliphatic heterocycles. The first-order valence-electron chi connectivity index (χ1n) is 7.21. The number of rotatable bonds is 5. The van der Waals surface area contributed by atoms with Crippen molar-refractivity contribution in [3.63, 3.8) is 0 Å². The third-order valence-corrected chi connectivity index (χ3v) is 4.50. The molecule has 1 heterocycles. The van der Waals surface area contributed by atoms with Crippen molar-refractivity contribution in [2.45, 2.75) is 26.4 Å². The van der Waals surface area contributed by atoms with E-state index in [0.717, 1.165) is 21.3 Å². The van der Waals surface area contributed by atoms with E-state index in [1.807, 2.05) is 26.0 Å². The van der Waals surface area contributed by atoms with Crippen LogP contribution < -0.4 is 5.32 Å². The van der Waals surface area contributed by atoms with Crippen molar-refractivity contribution < 1.29 is 15.0 Å². The number of halogens is 1. The van der Waals surface area contributed by atoms with Gasteiger partial charge in [0.05, 0.1) is 18.9 Å². The number of hydrogen-bond donors (Lipinski definition) is 3. The zero-order valence-electron chi connectivity index (χ0n) is 13.3. The molecule has 2 aromatic rings. The number of hydrogen-bond acceptors (Lipinski definition) is 4. The van der Waals surface area contributed by atoms with Gasteiger partial charge in [-0.15, -0.1) is 0 Å². The number of aliphatic hydroxyl groups is 2. The lowest BCUT2D eigenvalue weighted by Crippen LogP contribution is -2.21. The zero-order valence-corrected chi connectivity index (χ0v) is 14.9. The fraction of sp³-hybridized carbons (Fsp3) is 0.375. The Bertz CT molecular complexity index is 728. The summed E-state index contributed by atoms with van der Waals surface area (Å²) >= 11 is 3.47. The van der Waals surface area contributed by atoms with Gasteiger partial charge in [-0.25, -0.2) is 0 Å². The van der Waals surface area contributed by atoms with Crippen molar-refractivity contribution >= 4 is 27.5 Å². The average Bonchev–Trinajstić information content (AvgIpc) is 2.85. The molecule has 3 N–H and O–H groups in total. The minimum Gasteiger partial charge on any atom is -0.394 e. The van der Waals surface area contributed by atoms with Gasteiger partial charge in [-0.3, -0.25) is 9.48 Å². The van der Waals surface area contributed by atoms with E-state index in [4.69, 9.17) is 5.11 Å². The number of aliphatic hydroxyl groups excluding tert-OH is 2. The number of aromatic nitrogens is 2. The van der Waals surface area contributed by atoms with Gasteiger partial charge < -0.3 is 15.5 Å². The SMILES string of the molecule is Cc1cc(NC(=O)c2c(CC(O)CO)cnn2C)c(C)cc1Br. The zero-order chi connectivity index (χ0) is 17.1. The average molecular weight is 382 g/mol. The number of aryl methyl sites for hydroxylation is 3. The van der Waals surface area contributed by atoms with Crippen LogP contribution in [0.15, 0.2) is 22.8 Å². The molecule has 1 unspecified atom stereocenters. The Kier molecular flexibility index (Phi) is 5.56. The molecule has 0 aliphatic carbocycles. The number of carbonyl (C=O) groups excluding carboxylic acids is 1. The predicted octanol–water partition coefficient (Wildman–Crippen LogP) is 1.95. The van der Waals surface area contributed by atoms with Gasteiger partial charge >= 0.3 is 0 Å². The molecule has 1 aromatic carbocycles. The second-order valence-corrected chi connectivity index (χ2v) is 6.41. The first-order valence-corrected chi connectivity index (χ1v) is 8.00. The highest BCUT2D eigenvalue weighted by molar-refractivity contribution is 9.10. The lowest BCUT2D eigenvalue weighted by molar-refractivity contribution is 0.0942. The monoisotopic (exact) mass is 381 g/mol. The number of anilines is 1. The first kappa shape index (κ1) is 17.7. The molecule has 124 valence electrons. The van der Waals surface area contributed by atoms with Crippen LogP contribution in [-0.2, 0) is 13.5 Å². The van der Waals surface area contributed by atoms with Crippen LogP contribution in [-0.4, -0.2) is 38.6 Å². The Balaban J connectivity index is 2.28. The van der Waals surface area contributed by atoms with Crippen LogP contribution >= 0.6 is 15.9 Å². The van der Waals surface area contributed by atoms with Crippen LogP contribution in [0, 0.1) is 13.8 Å². The van der Waals surface area contributed by atoms with Crippen LogP contribution in [0.2, 0.25) is 0 Å².